The normalized spacial score (nSPS) is 12.6. The van der Waals surface area contributed by atoms with Gasteiger partial charge in [-0.05, 0) is 42.3 Å². The van der Waals surface area contributed by atoms with Gasteiger partial charge in [-0.2, -0.15) is 10.2 Å². The van der Waals surface area contributed by atoms with Crippen LogP contribution in [0.1, 0.15) is 24.1 Å². The molecular weight excluding hydrogens is 288 g/mol. The second-order valence-electron chi connectivity index (χ2n) is 5.34. The van der Waals surface area contributed by atoms with Gasteiger partial charge in [-0.15, -0.1) is 0 Å². The molecule has 1 unspecified atom stereocenters. The first kappa shape index (κ1) is 15.1. The zero-order valence-electron chi connectivity index (χ0n) is 12.9. The number of rotatable bonds is 5. The molecule has 1 heterocycles. The van der Waals surface area contributed by atoms with Crippen molar-refractivity contribution in [1.29, 1.82) is 0 Å². The molecule has 1 aromatic heterocycles. The summed E-state index contributed by atoms with van der Waals surface area (Å²) in [4.78, 5) is 3.90. The predicted octanol–water partition coefficient (Wildman–Crippen LogP) is 4.65. The van der Waals surface area contributed by atoms with Gasteiger partial charge in [0.1, 0.15) is 0 Å². The zero-order chi connectivity index (χ0) is 16.1. The Hall–Kier alpha value is -2.79. The molecular formula is C18H18N4O. The minimum absolute atomic E-state index is 0.0496. The number of benzene rings is 2. The van der Waals surface area contributed by atoms with Gasteiger partial charge in [0.25, 0.3) is 0 Å². The standard InChI is InChI=1S/C18H18N4O/c1-13(19)15-4-2-14(3-5-15)10-21-22-17-8-6-16(7-9-17)18-11-20-12-23-18/h2-9,11-13H,10,19H2,1H3. The van der Waals surface area contributed by atoms with E-state index in [1.807, 2.05) is 55.5 Å². The number of hydrogen-bond acceptors (Lipinski definition) is 5. The highest BCUT2D eigenvalue weighted by atomic mass is 16.3. The fourth-order valence-electron chi connectivity index (χ4n) is 2.18. The highest BCUT2D eigenvalue weighted by Gasteiger charge is 2.01. The maximum Gasteiger partial charge on any atom is 0.181 e. The van der Waals surface area contributed by atoms with Gasteiger partial charge < -0.3 is 10.2 Å². The SMILES string of the molecule is CC(N)c1ccc(CN=Nc2ccc(-c3cnco3)cc2)cc1. The molecule has 0 amide bonds. The van der Waals surface area contributed by atoms with Crippen molar-refractivity contribution in [2.45, 2.75) is 19.5 Å². The van der Waals surface area contributed by atoms with Crippen LogP contribution in [0.15, 0.2) is 75.8 Å². The third-order valence-corrected chi connectivity index (χ3v) is 3.53. The summed E-state index contributed by atoms with van der Waals surface area (Å²) in [6, 6.07) is 15.9. The molecule has 23 heavy (non-hydrogen) atoms. The van der Waals surface area contributed by atoms with Gasteiger partial charge in [0, 0.05) is 11.6 Å². The molecule has 1 atom stereocenters. The molecule has 3 rings (SSSR count). The van der Waals surface area contributed by atoms with Gasteiger partial charge in [-0.3, -0.25) is 0 Å². The van der Waals surface area contributed by atoms with Crippen molar-refractivity contribution in [3.05, 3.63) is 72.2 Å². The summed E-state index contributed by atoms with van der Waals surface area (Å²) in [6.07, 6.45) is 3.10. The van der Waals surface area contributed by atoms with E-state index in [4.69, 9.17) is 10.2 Å². The second kappa shape index (κ2) is 6.98. The molecule has 0 fully saturated rings. The van der Waals surface area contributed by atoms with Crippen LogP contribution in [0.25, 0.3) is 11.3 Å². The smallest absolute Gasteiger partial charge is 0.181 e. The zero-order valence-corrected chi connectivity index (χ0v) is 12.9. The van der Waals surface area contributed by atoms with E-state index in [0.29, 0.717) is 6.54 Å². The van der Waals surface area contributed by atoms with Crippen molar-refractivity contribution in [2.24, 2.45) is 16.0 Å². The minimum Gasteiger partial charge on any atom is -0.444 e. The molecule has 0 saturated carbocycles. The van der Waals surface area contributed by atoms with Crippen molar-refractivity contribution >= 4 is 5.69 Å². The molecule has 116 valence electrons. The first-order valence-electron chi connectivity index (χ1n) is 7.43. The number of oxazole rings is 1. The monoisotopic (exact) mass is 306 g/mol. The van der Waals surface area contributed by atoms with Crippen LogP contribution in [0.5, 0.6) is 0 Å². The topological polar surface area (TPSA) is 76.8 Å². The van der Waals surface area contributed by atoms with Gasteiger partial charge in [-0.25, -0.2) is 4.98 Å². The van der Waals surface area contributed by atoms with Crippen LogP contribution < -0.4 is 5.73 Å². The number of nitrogens with two attached hydrogens (primary N) is 1. The van der Waals surface area contributed by atoms with Crippen LogP contribution in [0, 0.1) is 0 Å². The highest BCUT2D eigenvalue weighted by molar-refractivity contribution is 5.59. The molecule has 0 saturated heterocycles. The largest absolute Gasteiger partial charge is 0.444 e. The van der Waals surface area contributed by atoms with Gasteiger partial charge in [0.2, 0.25) is 0 Å². The summed E-state index contributed by atoms with van der Waals surface area (Å²) < 4.78 is 5.25. The van der Waals surface area contributed by atoms with E-state index in [1.165, 1.54) is 6.39 Å². The summed E-state index contributed by atoms with van der Waals surface area (Å²) in [6.45, 7) is 2.51. The van der Waals surface area contributed by atoms with E-state index in [1.54, 1.807) is 6.20 Å². The van der Waals surface area contributed by atoms with Crippen molar-refractivity contribution in [3.8, 4) is 11.3 Å². The number of azo groups is 1. The van der Waals surface area contributed by atoms with E-state index < -0.39 is 0 Å². The molecule has 5 nitrogen and oxygen atoms in total. The molecule has 3 aromatic rings. The Bertz CT molecular complexity index is 760. The Labute approximate surface area is 134 Å². The molecule has 0 bridgehead atoms. The number of hydrogen-bond donors (Lipinski definition) is 1. The Balaban J connectivity index is 1.61. The Morgan fingerprint density at radius 2 is 1.83 bits per heavy atom. The second-order valence-corrected chi connectivity index (χ2v) is 5.34. The molecule has 0 radical (unpaired) electrons. The lowest BCUT2D eigenvalue weighted by molar-refractivity contribution is 0.572. The lowest BCUT2D eigenvalue weighted by Crippen LogP contribution is -2.04. The van der Waals surface area contributed by atoms with Gasteiger partial charge in [0.15, 0.2) is 12.2 Å². The molecule has 2 aromatic carbocycles. The first-order valence-corrected chi connectivity index (χ1v) is 7.43. The van der Waals surface area contributed by atoms with E-state index in [2.05, 4.69) is 15.2 Å². The third-order valence-electron chi connectivity index (χ3n) is 3.53. The van der Waals surface area contributed by atoms with E-state index in [0.717, 1.165) is 28.1 Å². The lowest BCUT2D eigenvalue weighted by Gasteiger charge is -2.05. The van der Waals surface area contributed by atoms with Gasteiger partial charge in [-0.1, -0.05) is 24.3 Å². The predicted molar refractivity (Wildman–Crippen MR) is 89.2 cm³/mol. The maximum atomic E-state index is 5.83. The van der Waals surface area contributed by atoms with Crippen molar-refractivity contribution in [1.82, 2.24) is 4.98 Å². The molecule has 2 N–H and O–H groups in total. The number of nitrogens with zero attached hydrogens (tertiary/aromatic N) is 3. The molecule has 0 aliphatic carbocycles. The minimum atomic E-state index is 0.0496. The number of aromatic nitrogens is 1. The molecule has 0 spiro atoms. The van der Waals surface area contributed by atoms with Crippen LogP contribution in [-0.2, 0) is 6.54 Å². The Morgan fingerprint density at radius 1 is 1.09 bits per heavy atom. The Kier molecular flexibility index (Phi) is 4.59. The van der Waals surface area contributed by atoms with Crippen LogP contribution in [0.2, 0.25) is 0 Å². The summed E-state index contributed by atoms with van der Waals surface area (Å²) in [7, 11) is 0. The fourth-order valence-corrected chi connectivity index (χ4v) is 2.18. The quantitative estimate of drug-likeness (QED) is 0.697. The van der Waals surface area contributed by atoms with Crippen LogP contribution in [0.3, 0.4) is 0 Å². The maximum absolute atomic E-state index is 5.83. The average Bonchev–Trinajstić information content (AvgIpc) is 3.10. The third kappa shape index (κ3) is 3.90. The van der Waals surface area contributed by atoms with Gasteiger partial charge in [0.05, 0.1) is 18.4 Å². The van der Waals surface area contributed by atoms with Crippen molar-refractivity contribution in [2.75, 3.05) is 0 Å². The molecule has 5 heteroatoms. The van der Waals surface area contributed by atoms with Crippen molar-refractivity contribution in [3.63, 3.8) is 0 Å². The van der Waals surface area contributed by atoms with Crippen LogP contribution in [0.4, 0.5) is 5.69 Å². The van der Waals surface area contributed by atoms with Gasteiger partial charge >= 0.3 is 0 Å². The average molecular weight is 306 g/mol. The van der Waals surface area contributed by atoms with E-state index >= 15 is 0 Å². The summed E-state index contributed by atoms with van der Waals surface area (Å²) >= 11 is 0. The molecule has 0 aliphatic rings. The summed E-state index contributed by atoms with van der Waals surface area (Å²) in [5.41, 5.74) is 9.83. The van der Waals surface area contributed by atoms with Crippen LogP contribution >= 0.6 is 0 Å². The highest BCUT2D eigenvalue weighted by Crippen LogP contribution is 2.22. The Morgan fingerprint density at radius 3 is 2.43 bits per heavy atom. The van der Waals surface area contributed by atoms with E-state index in [9.17, 15) is 0 Å². The van der Waals surface area contributed by atoms with Crippen LogP contribution in [-0.4, -0.2) is 4.98 Å². The summed E-state index contributed by atoms with van der Waals surface area (Å²) in [5.74, 6) is 0.739. The first-order chi connectivity index (χ1) is 11.2. The molecule has 0 aliphatic heterocycles. The summed E-state index contributed by atoms with van der Waals surface area (Å²) in [5, 5.41) is 8.47. The van der Waals surface area contributed by atoms with E-state index in [-0.39, 0.29) is 6.04 Å². The lowest BCUT2D eigenvalue weighted by atomic mass is 10.1. The van der Waals surface area contributed by atoms with Crippen molar-refractivity contribution < 1.29 is 4.42 Å². The fraction of sp³-hybridized carbons (Fsp3) is 0.167.